The van der Waals surface area contributed by atoms with Crippen molar-refractivity contribution in [3.8, 4) is 0 Å². The summed E-state index contributed by atoms with van der Waals surface area (Å²) in [6.45, 7) is 10.4. The molecule has 1 fully saturated rings. The highest BCUT2D eigenvalue weighted by atomic mass is 35.5. The predicted octanol–water partition coefficient (Wildman–Crippen LogP) is 3.16. The molecule has 5 heteroatoms. The van der Waals surface area contributed by atoms with Crippen LogP contribution in [0.25, 0.3) is 0 Å². The van der Waals surface area contributed by atoms with E-state index >= 15 is 0 Å². The smallest absolute Gasteiger partial charge is 0.0931 e. The van der Waals surface area contributed by atoms with Gasteiger partial charge in [0.1, 0.15) is 0 Å². The van der Waals surface area contributed by atoms with Gasteiger partial charge in [-0.3, -0.25) is 4.90 Å². The zero-order valence-corrected chi connectivity index (χ0v) is 13.4. The van der Waals surface area contributed by atoms with Crippen molar-refractivity contribution in [3.05, 3.63) is 21.3 Å². The fraction of sp³-hybridized carbons (Fsp3) is 0.714. The Balaban J connectivity index is 1.78. The molecule has 2 atom stereocenters. The van der Waals surface area contributed by atoms with E-state index in [4.69, 9.17) is 16.3 Å². The Morgan fingerprint density at radius 3 is 2.89 bits per heavy atom. The first-order chi connectivity index (χ1) is 9.06. The second kappa shape index (κ2) is 7.04. The molecule has 0 saturated carbocycles. The third kappa shape index (κ3) is 4.43. The van der Waals surface area contributed by atoms with Crippen molar-refractivity contribution in [2.24, 2.45) is 0 Å². The largest absolute Gasteiger partial charge is 0.374 e. The number of thiophene rings is 1. The van der Waals surface area contributed by atoms with E-state index in [0.717, 1.165) is 30.6 Å². The van der Waals surface area contributed by atoms with Gasteiger partial charge in [0.2, 0.25) is 0 Å². The first-order valence-electron chi connectivity index (χ1n) is 6.90. The standard InChI is InChI=1S/C14H23ClN2OS/c1-10(2)17-6-7-18-12(9-17)8-16-11(3)13-4-5-14(15)19-13/h4-5,10-12,16H,6-9H2,1-3H3. The van der Waals surface area contributed by atoms with Crippen LogP contribution >= 0.6 is 22.9 Å². The van der Waals surface area contributed by atoms with Gasteiger partial charge >= 0.3 is 0 Å². The van der Waals surface area contributed by atoms with Gasteiger partial charge in [0.15, 0.2) is 0 Å². The van der Waals surface area contributed by atoms with Gasteiger partial charge in [-0.2, -0.15) is 0 Å². The fourth-order valence-electron chi connectivity index (χ4n) is 2.30. The van der Waals surface area contributed by atoms with E-state index in [1.165, 1.54) is 4.88 Å². The first kappa shape index (κ1) is 15.3. The van der Waals surface area contributed by atoms with Crippen LogP contribution in [0.15, 0.2) is 12.1 Å². The summed E-state index contributed by atoms with van der Waals surface area (Å²) in [7, 11) is 0. The van der Waals surface area contributed by atoms with Crippen LogP contribution in [0, 0.1) is 0 Å². The highest BCUT2D eigenvalue weighted by molar-refractivity contribution is 7.16. The number of hydrogen-bond acceptors (Lipinski definition) is 4. The molecule has 2 unspecified atom stereocenters. The van der Waals surface area contributed by atoms with Gasteiger partial charge in [-0.1, -0.05) is 11.6 Å². The minimum atomic E-state index is 0.286. The Hall–Kier alpha value is -0.130. The lowest BCUT2D eigenvalue weighted by Crippen LogP contribution is -2.49. The second-order valence-electron chi connectivity index (χ2n) is 5.35. The third-order valence-corrected chi connectivity index (χ3v) is 4.99. The molecule has 0 amide bonds. The molecular weight excluding hydrogens is 280 g/mol. The van der Waals surface area contributed by atoms with Crippen molar-refractivity contribution >= 4 is 22.9 Å². The van der Waals surface area contributed by atoms with Crippen LogP contribution in [0.4, 0.5) is 0 Å². The number of halogens is 1. The van der Waals surface area contributed by atoms with Crippen LogP contribution in [0.1, 0.15) is 31.7 Å². The topological polar surface area (TPSA) is 24.5 Å². The molecule has 1 aliphatic heterocycles. The first-order valence-corrected chi connectivity index (χ1v) is 8.10. The van der Waals surface area contributed by atoms with Gasteiger partial charge < -0.3 is 10.1 Å². The molecule has 1 N–H and O–H groups in total. The molecule has 0 aliphatic carbocycles. The zero-order chi connectivity index (χ0) is 13.8. The van der Waals surface area contributed by atoms with E-state index < -0.39 is 0 Å². The summed E-state index contributed by atoms with van der Waals surface area (Å²) >= 11 is 7.61. The molecule has 1 aliphatic rings. The molecule has 1 saturated heterocycles. The highest BCUT2D eigenvalue weighted by Crippen LogP contribution is 2.26. The molecule has 2 rings (SSSR count). The van der Waals surface area contributed by atoms with Crippen LogP contribution in [0.2, 0.25) is 4.34 Å². The summed E-state index contributed by atoms with van der Waals surface area (Å²) in [5.74, 6) is 0. The van der Waals surface area contributed by atoms with E-state index in [-0.39, 0.29) is 6.10 Å². The van der Waals surface area contributed by atoms with Gasteiger partial charge in [0.05, 0.1) is 17.0 Å². The summed E-state index contributed by atoms with van der Waals surface area (Å²) in [6, 6.07) is 4.97. The van der Waals surface area contributed by atoms with E-state index in [1.807, 2.05) is 6.07 Å². The predicted molar refractivity (Wildman–Crippen MR) is 82.2 cm³/mol. The molecule has 0 bridgehead atoms. The molecule has 0 aromatic carbocycles. The normalized spacial score (nSPS) is 22.9. The van der Waals surface area contributed by atoms with Crippen molar-refractivity contribution < 1.29 is 4.74 Å². The van der Waals surface area contributed by atoms with Gasteiger partial charge in [-0.25, -0.2) is 0 Å². The van der Waals surface area contributed by atoms with Crippen LogP contribution in [-0.4, -0.2) is 43.3 Å². The highest BCUT2D eigenvalue weighted by Gasteiger charge is 2.22. The number of morpholine rings is 1. The Morgan fingerprint density at radius 1 is 1.47 bits per heavy atom. The lowest BCUT2D eigenvalue weighted by molar-refractivity contribution is -0.0379. The van der Waals surface area contributed by atoms with Crippen molar-refractivity contribution in [2.75, 3.05) is 26.2 Å². The number of rotatable bonds is 5. The average Bonchev–Trinajstić information content (AvgIpc) is 2.83. The molecule has 19 heavy (non-hydrogen) atoms. The minimum absolute atomic E-state index is 0.286. The molecule has 1 aromatic heterocycles. The van der Waals surface area contributed by atoms with Crippen LogP contribution in [-0.2, 0) is 4.74 Å². The van der Waals surface area contributed by atoms with Crippen molar-refractivity contribution in [1.82, 2.24) is 10.2 Å². The maximum atomic E-state index is 5.97. The third-order valence-electron chi connectivity index (χ3n) is 3.57. The van der Waals surface area contributed by atoms with Crippen molar-refractivity contribution in [1.29, 1.82) is 0 Å². The van der Waals surface area contributed by atoms with Gasteiger partial charge in [-0.15, -0.1) is 11.3 Å². The number of nitrogens with one attached hydrogen (secondary N) is 1. The molecular formula is C14H23ClN2OS. The molecule has 1 aromatic rings. The maximum absolute atomic E-state index is 5.97. The van der Waals surface area contributed by atoms with E-state index in [1.54, 1.807) is 11.3 Å². The minimum Gasteiger partial charge on any atom is -0.374 e. The second-order valence-corrected chi connectivity index (χ2v) is 7.10. The van der Waals surface area contributed by atoms with Gasteiger partial charge in [0.25, 0.3) is 0 Å². The van der Waals surface area contributed by atoms with Crippen LogP contribution in [0.5, 0.6) is 0 Å². The lowest BCUT2D eigenvalue weighted by atomic mass is 10.2. The Kier molecular flexibility index (Phi) is 5.66. The van der Waals surface area contributed by atoms with Crippen LogP contribution in [0.3, 0.4) is 0 Å². The molecule has 0 spiro atoms. The van der Waals surface area contributed by atoms with Gasteiger partial charge in [-0.05, 0) is 32.9 Å². The van der Waals surface area contributed by atoms with E-state index in [9.17, 15) is 0 Å². The molecule has 0 radical (unpaired) electrons. The molecule has 108 valence electrons. The molecule has 2 heterocycles. The molecule has 3 nitrogen and oxygen atoms in total. The number of hydrogen-bond donors (Lipinski definition) is 1. The zero-order valence-electron chi connectivity index (χ0n) is 11.9. The summed E-state index contributed by atoms with van der Waals surface area (Å²) in [5, 5.41) is 3.54. The van der Waals surface area contributed by atoms with E-state index in [0.29, 0.717) is 12.1 Å². The lowest BCUT2D eigenvalue weighted by Gasteiger charge is -2.36. The number of ether oxygens (including phenoxy) is 1. The maximum Gasteiger partial charge on any atom is 0.0931 e. The Labute approximate surface area is 124 Å². The average molecular weight is 303 g/mol. The summed E-state index contributed by atoms with van der Waals surface area (Å²) in [4.78, 5) is 3.75. The monoisotopic (exact) mass is 302 g/mol. The van der Waals surface area contributed by atoms with Crippen molar-refractivity contribution in [2.45, 2.75) is 39.0 Å². The van der Waals surface area contributed by atoms with E-state index in [2.05, 4.69) is 37.1 Å². The van der Waals surface area contributed by atoms with Crippen LogP contribution < -0.4 is 5.32 Å². The SMILES string of the molecule is CC(NCC1CN(C(C)C)CCO1)c1ccc(Cl)s1. The Bertz CT molecular complexity index is 397. The Morgan fingerprint density at radius 2 is 2.26 bits per heavy atom. The fourth-order valence-corrected chi connectivity index (χ4v) is 3.39. The van der Waals surface area contributed by atoms with Gasteiger partial charge in [0, 0.05) is 36.6 Å². The quantitative estimate of drug-likeness (QED) is 0.904. The number of nitrogens with zero attached hydrogens (tertiary/aromatic N) is 1. The summed E-state index contributed by atoms with van der Waals surface area (Å²) in [5.41, 5.74) is 0. The summed E-state index contributed by atoms with van der Waals surface area (Å²) in [6.07, 6.45) is 0.286. The van der Waals surface area contributed by atoms with Crippen molar-refractivity contribution in [3.63, 3.8) is 0 Å². The summed E-state index contributed by atoms with van der Waals surface area (Å²) < 4.78 is 6.67.